The first-order valence-electron chi connectivity index (χ1n) is 6.53. The van der Waals surface area contributed by atoms with E-state index < -0.39 is 0 Å². The lowest BCUT2D eigenvalue weighted by molar-refractivity contribution is -0.115. The fraction of sp³-hybridized carbons (Fsp3) is 0.571. The van der Waals surface area contributed by atoms with Gasteiger partial charge in [0.1, 0.15) is 11.1 Å². The van der Waals surface area contributed by atoms with E-state index in [0.29, 0.717) is 17.2 Å². The number of halogens is 1. The zero-order valence-corrected chi connectivity index (χ0v) is 14.2. The first-order valence-corrected chi connectivity index (χ1v) is 8.27. The second-order valence-corrected chi connectivity index (χ2v) is 7.67. The van der Waals surface area contributed by atoms with Crippen LogP contribution in [0, 0.1) is 11.3 Å². The molecule has 2 atom stereocenters. The monoisotopic (exact) mass is 356 g/mol. The number of thiophene rings is 1. The maximum atomic E-state index is 11.8. The van der Waals surface area contributed by atoms with Gasteiger partial charge in [-0.2, -0.15) is 5.26 Å². The Morgan fingerprint density at radius 1 is 1.70 bits per heavy atom. The molecule has 0 fully saturated rings. The Morgan fingerprint density at radius 3 is 2.95 bits per heavy atom. The number of nitriles is 1. The molecule has 1 aliphatic rings. The second-order valence-electron chi connectivity index (χ2n) is 5.19. The number of nitrogens with one attached hydrogen (secondary N) is 1. The van der Waals surface area contributed by atoms with Crippen LogP contribution in [0.15, 0.2) is 0 Å². The van der Waals surface area contributed by atoms with E-state index in [4.69, 9.17) is 4.74 Å². The number of hydrogen-bond donors (Lipinski definition) is 1. The number of rotatable bonds is 3. The van der Waals surface area contributed by atoms with Crippen molar-refractivity contribution in [3.05, 3.63) is 16.0 Å². The van der Waals surface area contributed by atoms with Gasteiger partial charge in [0.15, 0.2) is 0 Å². The Kier molecular flexibility index (Phi) is 4.52. The van der Waals surface area contributed by atoms with Gasteiger partial charge >= 0.3 is 0 Å². The van der Waals surface area contributed by atoms with E-state index in [2.05, 4.69) is 41.2 Å². The zero-order valence-electron chi connectivity index (χ0n) is 11.7. The minimum atomic E-state index is -0.287. The number of fused-ring (bicyclic) bond motifs is 1. The predicted octanol–water partition coefficient (Wildman–Crippen LogP) is 3.58. The van der Waals surface area contributed by atoms with Gasteiger partial charge < -0.3 is 10.1 Å². The van der Waals surface area contributed by atoms with E-state index in [0.717, 1.165) is 23.3 Å². The maximum absolute atomic E-state index is 11.8. The van der Waals surface area contributed by atoms with E-state index in [1.807, 2.05) is 0 Å². The van der Waals surface area contributed by atoms with Crippen LogP contribution < -0.4 is 5.32 Å². The molecule has 108 valence electrons. The number of carbonyl (C=O) groups is 1. The minimum Gasteiger partial charge on any atom is -0.369 e. The Balaban J connectivity index is 2.35. The summed E-state index contributed by atoms with van der Waals surface area (Å²) in [4.78, 5) is 12.5. The molecule has 0 radical (unpaired) electrons. The summed E-state index contributed by atoms with van der Waals surface area (Å²) in [6, 6.07) is 2.23. The SMILES string of the molecule is CC[C@@]1(C)Cc2c(sc(NC(=O)[C@H](C)Br)c2C#N)CO1. The first-order chi connectivity index (χ1) is 9.40. The van der Waals surface area contributed by atoms with Crippen molar-refractivity contribution < 1.29 is 9.53 Å². The molecule has 20 heavy (non-hydrogen) atoms. The number of ether oxygens (including phenoxy) is 1. The molecule has 0 aliphatic carbocycles. The van der Waals surface area contributed by atoms with Gasteiger partial charge in [-0.15, -0.1) is 11.3 Å². The highest BCUT2D eigenvalue weighted by molar-refractivity contribution is 9.10. The van der Waals surface area contributed by atoms with Crippen molar-refractivity contribution in [2.75, 3.05) is 5.32 Å². The minimum absolute atomic E-state index is 0.140. The Hall–Kier alpha value is -0.900. The summed E-state index contributed by atoms with van der Waals surface area (Å²) in [7, 11) is 0. The molecular formula is C14H17BrN2O2S. The lowest BCUT2D eigenvalue weighted by atomic mass is 9.90. The smallest absolute Gasteiger partial charge is 0.238 e. The maximum Gasteiger partial charge on any atom is 0.238 e. The van der Waals surface area contributed by atoms with Gasteiger partial charge in [0.2, 0.25) is 5.91 Å². The fourth-order valence-electron chi connectivity index (χ4n) is 2.13. The Morgan fingerprint density at radius 2 is 2.40 bits per heavy atom. The van der Waals surface area contributed by atoms with Crippen molar-refractivity contribution in [3.63, 3.8) is 0 Å². The van der Waals surface area contributed by atoms with Crippen LogP contribution in [-0.4, -0.2) is 16.3 Å². The third kappa shape index (κ3) is 2.90. The van der Waals surface area contributed by atoms with E-state index in [1.165, 1.54) is 11.3 Å². The van der Waals surface area contributed by atoms with Gasteiger partial charge in [-0.25, -0.2) is 0 Å². The van der Waals surface area contributed by atoms with E-state index in [-0.39, 0.29) is 16.3 Å². The third-order valence-corrected chi connectivity index (χ3v) is 5.19. The summed E-state index contributed by atoms with van der Waals surface area (Å²) in [5.41, 5.74) is 1.41. The molecule has 2 rings (SSSR count). The molecule has 1 amide bonds. The molecule has 4 nitrogen and oxygen atoms in total. The lowest BCUT2D eigenvalue weighted by Gasteiger charge is -2.32. The molecule has 0 spiro atoms. The average Bonchev–Trinajstić information content (AvgIpc) is 2.74. The summed E-state index contributed by atoms with van der Waals surface area (Å²) in [6.45, 7) is 6.41. The van der Waals surface area contributed by atoms with Crippen molar-refractivity contribution in [1.82, 2.24) is 0 Å². The Labute approximate surface area is 131 Å². The van der Waals surface area contributed by atoms with Crippen LogP contribution in [0.5, 0.6) is 0 Å². The number of alkyl halides is 1. The summed E-state index contributed by atoms with van der Waals surface area (Å²) in [6.07, 6.45) is 1.62. The summed E-state index contributed by atoms with van der Waals surface area (Å²) in [5.74, 6) is -0.140. The van der Waals surface area contributed by atoms with E-state index in [1.54, 1.807) is 6.92 Å². The van der Waals surface area contributed by atoms with Gasteiger partial charge in [0, 0.05) is 11.3 Å². The highest BCUT2D eigenvalue weighted by atomic mass is 79.9. The number of amides is 1. The molecule has 0 unspecified atom stereocenters. The number of nitrogens with zero attached hydrogens (tertiary/aromatic N) is 1. The van der Waals surface area contributed by atoms with E-state index >= 15 is 0 Å². The molecule has 0 saturated heterocycles. The van der Waals surface area contributed by atoms with Crippen molar-refractivity contribution in [1.29, 1.82) is 5.26 Å². The largest absolute Gasteiger partial charge is 0.369 e. The Bertz CT molecular complexity index is 576. The molecule has 1 N–H and O–H groups in total. The average molecular weight is 357 g/mol. The standard InChI is InChI=1S/C14H17BrN2O2S/c1-4-14(3)5-9-10(6-16)13(17-12(18)8(2)15)20-11(9)7-19-14/h8H,4-5,7H2,1-3H3,(H,17,18)/t8-,14-/m0/s1. The summed E-state index contributed by atoms with van der Waals surface area (Å²) < 4.78 is 5.89. The number of anilines is 1. The predicted molar refractivity (Wildman–Crippen MR) is 83.2 cm³/mol. The van der Waals surface area contributed by atoms with E-state index in [9.17, 15) is 10.1 Å². The lowest BCUT2D eigenvalue weighted by Crippen LogP contribution is -2.34. The van der Waals surface area contributed by atoms with Gasteiger partial charge in [-0.05, 0) is 25.8 Å². The number of hydrogen-bond acceptors (Lipinski definition) is 4. The van der Waals surface area contributed by atoms with Gasteiger partial charge in [-0.1, -0.05) is 22.9 Å². The molecule has 1 aromatic rings. The topological polar surface area (TPSA) is 62.1 Å². The first kappa shape index (κ1) is 15.5. The van der Waals surface area contributed by atoms with Crippen molar-refractivity contribution in [2.24, 2.45) is 0 Å². The molecular weight excluding hydrogens is 340 g/mol. The summed E-state index contributed by atoms with van der Waals surface area (Å²) in [5, 5.41) is 12.9. The van der Waals surface area contributed by atoms with Crippen LogP contribution in [0.25, 0.3) is 0 Å². The normalized spacial score (nSPS) is 22.8. The fourth-order valence-corrected chi connectivity index (χ4v) is 3.32. The molecule has 1 aromatic heterocycles. The molecule has 2 heterocycles. The van der Waals surface area contributed by atoms with Crippen LogP contribution in [0.4, 0.5) is 5.00 Å². The summed E-state index contributed by atoms with van der Waals surface area (Å²) >= 11 is 4.67. The van der Waals surface area contributed by atoms with Crippen LogP contribution in [0.3, 0.4) is 0 Å². The third-order valence-electron chi connectivity index (χ3n) is 3.65. The number of carbonyl (C=O) groups excluding carboxylic acids is 1. The highest BCUT2D eigenvalue weighted by Crippen LogP contribution is 2.41. The van der Waals surface area contributed by atoms with Crippen molar-refractivity contribution in [3.8, 4) is 6.07 Å². The van der Waals surface area contributed by atoms with Crippen molar-refractivity contribution in [2.45, 2.75) is 50.6 Å². The van der Waals surface area contributed by atoms with Crippen molar-refractivity contribution >= 4 is 38.2 Å². The van der Waals surface area contributed by atoms with Gasteiger partial charge in [0.25, 0.3) is 0 Å². The molecule has 0 bridgehead atoms. The molecule has 0 saturated carbocycles. The van der Waals surface area contributed by atoms with Crippen LogP contribution in [-0.2, 0) is 22.6 Å². The highest BCUT2D eigenvalue weighted by Gasteiger charge is 2.33. The zero-order chi connectivity index (χ0) is 14.9. The quantitative estimate of drug-likeness (QED) is 0.841. The van der Waals surface area contributed by atoms with Crippen LogP contribution in [0.1, 0.15) is 43.2 Å². The second kappa shape index (κ2) is 5.84. The van der Waals surface area contributed by atoms with Gasteiger partial charge in [0.05, 0.1) is 22.6 Å². The molecule has 0 aromatic carbocycles. The van der Waals surface area contributed by atoms with Crippen LogP contribution in [0.2, 0.25) is 0 Å². The van der Waals surface area contributed by atoms with Gasteiger partial charge in [-0.3, -0.25) is 4.79 Å². The van der Waals surface area contributed by atoms with Crippen LogP contribution >= 0.6 is 27.3 Å². The molecule has 6 heteroatoms. The molecule has 1 aliphatic heterocycles.